The maximum Gasteiger partial charge on any atom is 0.128 e. The molecule has 1 saturated heterocycles. The number of pyridine rings is 1. The van der Waals surface area contributed by atoms with Gasteiger partial charge in [0.15, 0.2) is 0 Å². The molecule has 0 aromatic carbocycles. The minimum Gasteiger partial charge on any atom is -0.389 e. The molecule has 0 saturated carbocycles. The van der Waals surface area contributed by atoms with Crippen LogP contribution in [0.1, 0.15) is 39.4 Å². The Labute approximate surface area is 109 Å². The van der Waals surface area contributed by atoms with E-state index in [1.807, 2.05) is 12.1 Å². The second kappa shape index (κ2) is 4.86. The van der Waals surface area contributed by atoms with E-state index in [2.05, 4.69) is 30.7 Å². The number of nitrogens with zero attached hydrogens (tertiary/aromatic N) is 2. The zero-order chi connectivity index (χ0) is 13.3. The van der Waals surface area contributed by atoms with Gasteiger partial charge in [-0.25, -0.2) is 4.98 Å². The van der Waals surface area contributed by atoms with E-state index in [0.717, 1.165) is 24.5 Å². The summed E-state index contributed by atoms with van der Waals surface area (Å²) >= 11 is 0. The summed E-state index contributed by atoms with van der Waals surface area (Å²) in [5.41, 5.74) is 0.696. The molecule has 100 valence electrons. The van der Waals surface area contributed by atoms with Crippen molar-refractivity contribution in [3.05, 3.63) is 23.9 Å². The second-order valence-corrected chi connectivity index (χ2v) is 5.69. The van der Waals surface area contributed by atoms with Gasteiger partial charge in [-0.2, -0.15) is 0 Å². The second-order valence-electron chi connectivity index (χ2n) is 5.69. The van der Waals surface area contributed by atoms with Crippen molar-refractivity contribution in [1.82, 2.24) is 4.98 Å². The summed E-state index contributed by atoms with van der Waals surface area (Å²) in [7, 11) is 0. The number of rotatable bonds is 2. The molecule has 1 aliphatic rings. The molecule has 4 nitrogen and oxygen atoms in total. The molecule has 0 spiro atoms. The molecule has 1 unspecified atom stereocenters. The number of aromatic nitrogens is 1. The fourth-order valence-corrected chi connectivity index (χ4v) is 2.46. The van der Waals surface area contributed by atoms with Crippen molar-refractivity contribution in [2.24, 2.45) is 0 Å². The minimum absolute atomic E-state index is 0.151. The van der Waals surface area contributed by atoms with Gasteiger partial charge in [0.05, 0.1) is 17.8 Å². The Morgan fingerprint density at radius 3 is 2.72 bits per heavy atom. The van der Waals surface area contributed by atoms with Crippen molar-refractivity contribution in [1.29, 1.82) is 0 Å². The van der Waals surface area contributed by atoms with Crippen LogP contribution in [0.2, 0.25) is 0 Å². The van der Waals surface area contributed by atoms with E-state index in [1.54, 1.807) is 13.1 Å². The fourth-order valence-electron chi connectivity index (χ4n) is 2.46. The van der Waals surface area contributed by atoms with Crippen molar-refractivity contribution in [3.8, 4) is 0 Å². The van der Waals surface area contributed by atoms with Gasteiger partial charge in [0.1, 0.15) is 5.82 Å². The lowest BCUT2D eigenvalue weighted by atomic mass is 10.1. The zero-order valence-electron chi connectivity index (χ0n) is 11.6. The summed E-state index contributed by atoms with van der Waals surface area (Å²) in [4.78, 5) is 6.67. The van der Waals surface area contributed by atoms with Crippen LogP contribution in [0.4, 0.5) is 5.82 Å². The standard InChI is InChI=1S/C14H22N2O2/c1-10-8-16(9-14(3,4)18-10)13-6-5-12(7-15-13)11(2)17/h5-7,10-11,17H,8-9H2,1-4H3/t10?,11-/m0/s1. The largest absolute Gasteiger partial charge is 0.389 e. The molecular formula is C14H22N2O2. The number of morpholine rings is 1. The molecular weight excluding hydrogens is 228 g/mol. The summed E-state index contributed by atoms with van der Waals surface area (Å²) in [5.74, 6) is 0.947. The monoisotopic (exact) mass is 250 g/mol. The molecule has 0 radical (unpaired) electrons. The summed E-state index contributed by atoms with van der Waals surface area (Å²) in [6.45, 7) is 9.71. The Morgan fingerprint density at radius 1 is 1.50 bits per heavy atom. The Kier molecular flexibility index (Phi) is 3.59. The van der Waals surface area contributed by atoms with Gasteiger partial charge in [-0.15, -0.1) is 0 Å². The van der Waals surface area contributed by atoms with Crippen LogP contribution in [-0.4, -0.2) is 34.9 Å². The first kappa shape index (κ1) is 13.3. The highest BCUT2D eigenvalue weighted by Crippen LogP contribution is 2.25. The highest BCUT2D eigenvalue weighted by Gasteiger charge is 2.31. The summed E-state index contributed by atoms with van der Waals surface area (Å²) in [5, 5.41) is 9.48. The molecule has 0 aliphatic carbocycles. The predicted octanol–water partition coefficient (Wildman–Crippen LogP) is 2.14. The van der Waals surface area contributed by atoms with E-state index in [9.17, 15) is 5.11 Å². The molecule has 1 N–H and O–H groups in total. The first-order chi connectivity index (χ1) is 8.37. The van der Waals surface area contributed by atoms with Gasteiger partial charge in [0.2, 0.25) is 0 Å². The van der Waals surface area contributed by atoms with Crippen LogP contribution in [0.3, 0.4) is 0 Å². The molecule has 0 bridgehead atoms. The Bertz CT molecular complexity index is 401. The number of aliphatic hydroxyl groups excluding tert-OH is 1. The van der Waals surface area contributed by atoms with Crippen molar-refractivity contribution in [3.63, 3.8) is 0 Å². The quantitative estimate of drug-likeness (QED) is 0.873. The average molecular weight is 250 g/mol. The molecule has 1 aliphatic heterocycles. The average Bonchev–Trinajstić information content (AvgIpc) is 2.26. The lowest BCUT2D eigenvalue weighted by molar-refractivity contribution is -0.0751. The van der Waals surface area contributed by atoms with E-state index in [4.69, 9.17) is 4.74 Å². The number of hydrogen-bond donors (Lipinski definition) is 1. The number of aliphatic hydroxyl groups is 1. The van der Waals surface area contributed by atoms with Crippen LogP contribution in [0, 0.1) is 0 Å². The van der Waals surface area contributed by atoms with Gasteiger partial charge >= 0.3 is 0 Å². The first-order valence-corrected chi connectivity index (χ1v) is 6.44. The molecule has 2 heterocycles. The molecule has 2 rings (SSSR count). The van der Waals surface area contributed by atoms with Crippen molar-refractivity contribution in [2.75, 3.05) is 18.0 Å². The van der Waals surface area contributed by atoms with Gasteiger partial charge in [0.25, 0.3) is 0 Å². The minimum atomic E-state index is -0.466. The summed E-state index contributed by atoms with van der Waals surface area (Å²) in [6.07, 6.45) is 1.48. The van der Waals surface area contributed by atoms with Gasteiger partial charge in [0, 0.05) is 19.3 Å². The first-order valence-electron chi connectivity index (χ1n) is 6.44. The van der Waals surface area contributed by atoms with E-state index in [0.29, 0.717) is 0 Å². The van der Waals surface area contributed by atoms with Crippen LogP contribution in [0.5, 0.6) is 0 Å². The van der Waals surface area contributed by atoms with Crippen LogP contribution < -0.4 is 4.90 Å². The van der Waals surface area contributed by atoms with Gasteiger partial charge in [-0.1, -0.05) is 6.07 Å². The summed E-state index contributed by atoms with van der Waals surface area (Å²) < 4.78 is 5.88. The van der Waals surface area contributed by atoms with Gasteiger partial charge in [-0.05, 0) is 39.3 Å². The normalized spacial score (nSPS) is 24.9. The Hall–Kier alpha value is -1.13. The van der Waals surface area contributed by atoms with Crippen molar-refractivity contribution in [2.45, 2.75) is 45.5 Å². The van der Waals surface area contributed by atoms with Gasteiger partial charge in [-0.3, -0.25) is 0 Å². The van der Waals surface area contributed by atoms with Gasteiger partial charge < -0.3 is 14.7 Å². The topological polar surface area (TPSA) is 45.6 Å². The third kappa shape index (κ3) is 3.00. The number of hydrogen-bond acceptors (Lipinski definition) is 4. The van der Waals surface area contributed by atoms with E-state index in [1.165, 1.54) is 0 Å². The fraction of sp³-hybridized carbons (Fsp3) is 0.643. The maximum atomic E-state index is 9.48. The molecule has 1 aromatic heterocycles. The Balaban J connectivity index is 2.15. The van der Waals surface area contributed by atoms with Crippen LogP contribution >= 0.6 is 0 Å². The number of anilines is 1. The van der Waals surface area contributed by atoms with E-state index >= 15 is 0 Å². The molecule has 4 heteroatoms. The smallest absolute Gasteiger partial charge is 0.128 e. The van der Waals surface area contributed by atoms with E-state index < -0.39 is 6.10 Å². The zero-order valence-corrected chi connectivity index (χ0v) is 11.6. The Morgan fingerprint density at radius 2 is 2.22 bits per heavy atom. The molecule has 18 heavy (non-hydrogen) atoms. The lowest BCUT2D eigenvalue weighted by Gasteiger charge is -2.42. The van der Waals surface area contributed by atoms with E-state index in [-0.39, 0.29) is 11.7 Å². The highest BCUT2D eigenvalue weighted by atomic mass is 16.5. The van der Waals surface area contributed by atoms with Crippen LogP contribution in [0.15, 0.2) is 18.3 Å². The molecule has 1 aromatic rings. The van der Waals surface area contributed by atoms with Crippen LogP contribution in [-0.2, 0) is 4.74 Å². The lowest BCUT2D eigenvalue weighted by Crippen LogP contribution is -2.52. The highest BCUT2D eigenvalue weighted by molar-refractivity contribution is 5.41. The molecule has 2 atom stereocenters. The van der Waals surface area contributed by atoms with Crippen molar-refractivity contribution >= 4 is 5.82 Å². The van der Waals surface area contributed by atoms with Crippen molar-refractivity contribution < 1.29 is 9.84 Å². The molecule has 1 fully saturated rings. The van der Waals surface area contributed by atoms with Crippen LogP contribution in [0.25, 0.3) is 0 Å². The third-order valence-corrected chi connectivity index (χ3v) is 3.15. The SMILES string of the molecule is CC1CN(c2ccc([C@H](C)O)cn2)CC(C)(C)O1. The third-order valence-electron chi connectivity index (χ3n) is 3.15. The molecule has 0 amide bonds. The number of ether oxygens (including phenoxy) is 1. The predicted molar refractivity (Wildman–Crippen MR) is 71.7 cm³/mol. The summed E-state index contributed by atoms with van der Waals surface area (Å²) in [6, 6.07) is 3.90. The maximum absolute atomic E-state index is 9.48.